The van der Waals surface area contributed by atoms with Crippen LogP contribution in [0.25, 0.3) is 5.57 Å². The molecule has 0 fully saturated rings. The normalized spacial score (nSPS) is 20.1. The number of nitrogens with zero attached hydrogens (tertiary/aromatic N) is 5. The minimum Gasteiger partial charge on any atom is -0.347 e. The van der Waals surface area contributed by atoms with E-state index in [1.165, 1.54) is 23.4 Å². The Morgan fingerprint density at radius 2 is 2.00 bits per heavy atom. The Hall–Kier alpha value is -2.87. The van der Waals surface area contributed by atoms with Gasteiger partial charge in [-0.25, -0.2) is 0 Å². The third-order valence-electron chi connectivity index (χ3n) is 5.82. The summed E-state index contributed by atoms with van der Waals surface area (Å²) in [6, 6.07) is 10.8. The molecule has 0 atom stereocenters. The van der Waals surface area contributed by atoms with Crippen molar-refractivity contribution in [2.75, 3.05) is 11.9 Å². The number of anilines is 1. The predicted molar refractivity (Wildman–Crippen MR) is 107 cm³/mol. The predicted octanol–water partition coefficient (Wildman–Crippen LogP) is 4.22. The minimum absolute atomic E-state index is 0.107. The highest BCUT2D eigenvalue weighted by Gasteiger charge is 2.37. The topological polar surface area (TPSA) is 57.7 Å². The van der Waals surface area contributed by atoms with Crippen molar-refractivity contribution in [1.29, 1.82) is 5.26 Å². The number of aryl methyl sites for hydroxylation is 1. The minimum atomic E-state index is -0.107. The average molecular weight is 359 g/mol. The van der Waals surface area contributed by atoms with Gasteiger partial charge in [0.2, 0.25) is 0 Å². The molecule has 0 unspecified atom stereocenters. The van der Waals surface area contributed by atoms with Crippen LogP contribution >= 0.6 is 0 Å². The van der Waals surface area contributed by atoms with Gasteiger partial charge < -0.3 is 9.47 Å². The van der Waals surface area contributed by atoms with Gasteiger partial charge in [-0.2, -0.15) is 5.26 Å². The van der Waals surface area contributed by atoms with Crippen molar-refractivity contribution >= 4 is 11.3 Å². The summed E-state index contributed by atoms with van der Waals surface area (Å²) in [7, 11) is 2.09. The van der Waals surface area contributed by atoms with E-state index in [2.05, 4.69) is 77.0 Å². The molecule has 5 nitrogen and oxygen atoms in total. The second-order valence-corrected chi connectivity index (χ2v) is 7.85. The van der Waals surface area contributed by atoms with Gasteiger partial charge in [-0.1, -0.05) is 38.5 Å². The number of nitriles is 1. The zero-order valence-electron chi connectivity index (χ0n) is 16.2. The first kappa shape index (κ1) is 17.5. The number of hydrogen-bond acceptors (Lipinski definition) is 4. The number of hydrogen-bond donors (Lipinski definition) is 0. The van der Waals surface area contributed by atoms with Crippen molar-refractivity contribution in [2.45, 2.75) is 51.5 Å². The summed E-state index contributed by atoms with van der Waals surface area (Å²) in [6.45, 7) is 5.35. The Bertz CT molecular complexity index is 971. The van der Waals surface area contributed by atoms with E-state index in [0.717, 1.165) is 31.6 Å². The zero-order valence-corrected chi connectivity index (χ0v) is 16.2. The highest BCUT2D eigenvalue weighted by molar-refractivity contribution is 5.76. The second-order valence-electron chi connectivity index (χ2n) is 7.85. The fourth-order valence-corrected chi connectivity index (χ4v) is 4.31. The van der Waals surface area contributed by atoms with Crippen molar-refractivity contribution in [2.24, 2.45) is 0 Å². The maximum absolute atomic E-state index is 9.77. The smallest absolute Gasteiger partial charge is 0.174 e. The number of benzene rings is 1. The van der Waals surface area contributed by atoms with Crippen LogP contribution in [0.5, 0.6) is 0 Å². The molecule has 1 aromatic heterocycles. The first-order chi connectivity index (χ1) is 13.0. The molecule has 0 N–H and O–H groups in total. The summed E-state index contributed by atoms with van der Waals surface area (Å²) < 4.78 is 2.12. The molecule has 0 bridgehead atoms. The van der Waals surface area contributed by atoms with Crippen LogP contribution in [0.1, 0.15) is 50.3 Å². The lowest BCUT2D eigenvalue weighted by molar-refractivity contribution is 0.627. The fourth-order valence-electron chi connectivity index (χ4n) is 4.31. The lowest BCUT2D eigenvalue weighted by atomic mass is 9.83. The number of likely N-dealkylation sites (N-methyl/N-ethyl adjacent to an activating group) is 1. The van der Waals surface area contributed by atoms with E-state index in [9.17, 15) is 5.26 Å². The molecular weight excluding hydrogens is 334 g/mol. The Balaban J connectivity index is 1.73. The van der Waals surface area contributed by atoms with Gasteiger partial charge in [-0.05, 0) is 36.6 Å². The molecule has 0 spiro atoms. The van der Waals surface area contributed by atoms with E-state index in [-0.39, 0.29) is 5.41 Å². The quantitative estimate of drug-likeness (QED) is 0.753. The summed E-state index contributed by atoms with van der Waals surface area (Å²) in [6.07, 6.45) is 8.38. The molecule has 2 aliphatic heterocycles. The van der Waals surface area contributed by atoms with E-state index in [0.29, 0.717) is 11.4 Å². The van der Waals surface area contributed by atoms with Crippen LogP contribution in [0.4, 0.5) is 5.69 Å². The van der Waals surface area contributed by atoms with Crippen LogP contribution < -0.4 is 4.90 Å². The largest absolute Gasteiger partial charge is 0.347 e. The Morgan fingerprint density at radius 1 is 1.19 bits per heavy atom. The molecule has 4 rings (SSSR count). The van der Waals surface area contributed by atoms with Gasteiger partial charge in [0.1, 0.15) is 11.9 Å². The van der Waals surface area contributed by atoms with Gasteiger partial charge in [0.05, 0.1) is 5.57 Å². The van der Waals surface area contributed by atoms with Gasteiger partial charge in [0.15, 0.2) is 5.82 Å². The van der Waals surface area contributed by atoms with Crippen molar-refractivity contribution in [3.63, 3.8) is 0 Å². The monoisotopic (exact) mass is 359 g/mol. The number of rotatable bonds is 2. The summed E-state index contributed by atoms with van der Waals surface area (Å²) in [4.78, 5) is 2.21. The first-order valence-corrected chi connectivity index (χ1v) is 9.62. The molecule has 0 saturated heterocycles. The first-order valence-electron chi connectivity index (χ1n) is 9.62. The summed E-state index contributed by atoms with van der Waals surface area (Å²) in [5.74, 6) is 1.70. The number of allylic oxidation sites excluding steroid dienone is 4. The SMILES string of the molecule is CN1/C(=C/C=C(/C#N)c2nnc3n2CCCCC3)C(C)(C)c2ccccc21. The molecule has 0 saturated carbocycles. The van der Waals surface area contributed by atoms with Crippen LogP contribution in [-0.2, 0) is 18.4 Å². The van der Waals surface area contributed by atoms with Crippen LogP contribution in [0.2, 0.25) is 0 Å². The van der Waals surface area contributed by atoms with Gasteiger partial charge in [0.25, 0.3) is 0 Å². The van der Waals surface area contributed by atoms with E-state index in [1.807, 2.05) is 6.08 Å². The molecule has 138 valence electrons. The molecule has 1 aromatic carbocycles. The van der Waals surface area contributed by atoms with Crippen molar-refractivity contribution in [1.82, 2.24) is 14.8 Å². The van der Waals surface area contributed by atoms with Crippen LogP contribution in [0, 0.1) is 11.3 Å². The van der Waals surface area contributed by atoms with Crippen LogP contribution in [-0.4, -0.2) is 21.8 Å². The molecule has 2 aromatic rings. The highest BCUT2D eigenvalue weighted by atomic mass is 15.3. The van der Waals surface area contributed by atoms with Crippen molar-refractivity contribution < 1.29 is 0 Å². The van der Waals surface area contributed by atoms with E-state index < -0.39 is 0 Å². The molecule has 3 heterocycles. The average Bonchev–Trinajstić information content (AvgIpc) is 3.02. The molecule has 27 heavy (non-hydrogen) atoms. The molecular formula is C22H25N5. The van der Waals surface area contributed by atoms with Crippen LogP contribution in [0.15, 0.2) is 42.1 Å². The Labute approximate surface area is 160 Å². The molecule has 0 amide bonds. The van der Waals surface area contributed by atoms with E-state index in [1.54, 1.807) is 0 Å². The Morgan fingerprint density at radius 3 is 2.78 bits per heavy atom. The van der Waals surface area contributed by atoms with E-state index in [4.69, 9.17) is 0 Å². The third-order valence-corrected chi connectivity index (χ3v) is 5.82. The van der Waals surface area contributed by atoms with Gasteiger partial charge in [0, 0.05) is 36.8 Å². The van der Waals surface area contributed by atoms with E-state index >= 15 is 0 Å². The molecule has 5 heteroatoms. The van der Waals surface area contributed by atoms with Gasteiger partial charge in [-0.15, -0.1) is 10.2 Å². The standard InChI is InChI=1S/C22H25N5/c1-22(2)17-9-6-7-10-18(17)26(3)19(22)13-12-16(15-23)21-25-24-20-11-5-4-8-14-27(20)21/h6-7,9-10,12-13H,4-5,8,11,14H2,1-3H3/b16-12-,19-13+. The van der Waals surface area contributed by atoms with Crippen molar-refractivity contribution in [3.8, 4) is 6.07 Å². The Kier molecular flexibility index (Phi) is 4.35. The van der Waals surface area contributed by atoms with Gasteiger partial charge in [-0.3, -0.25) is 0 Å². The van der Waals surface area contributed by atoms with Gasteiger partial charge >= 0.3 is 0 Å². The lowest BCUT2D eigenvalue weighted by Gasteiger charge is -2.23. The molecule has 0 radical (unpaired) electrons. The fraction of sp³-hybridized carbons (Fsp3) is 0.409. The second kappa shape index (κ2) is 6.70. The summed E-state index contributed by atoms with van der Waals surface area (Å²) in [5.41, 5.74) is 4.17. The molecule has 2 aliphatic rings. The molecule has 0 aliphatic carbocycles. The summed E-state index contributed by atoms with van der Waals surface area (Å²) >= 11 is 0. The maximum Gasteiger partial charge on any atom is 0.174 e. The highest BCUT2D eigenvalue weighted by Crippen LogP contribution is 2.46. The zero-order chi connectivity index (χ0) is 19.0. The third kappa shape index (κ3) is 2.86. The summed E-state index contributed by atoms with van der Waals surface area (Å²) in [5, 5.41) is 18.4. The number of aromatic nitrogens is 3. The lowest BCUT2D eigenvalue weighted by Crippen LogP contribution is -2.22. The number of fused-ring (bicyclic) bond motifs is 2. The van der Waals surface area contributed by atoms with Crippen molar-refractivity contribution in [3.05, 3.63) is 59.3 Å². The maximum atomic E-state index is 9.77. The van der Waals surface area contributed by atoms with Crippen LogP contribution in [0.3, 0.4) is 0 Å². The number of para-hydroxylation sites is 1.